The number of hydrogen-bond donors (Lipinski definition) is 1. The van der Waals surface area contributed by atoms with Crippen molar-refractivity contribution in [3.05, 3.63) is 24.3 Å². The standard InChI is InChI=1S/C16H25NS/c1-4-18-15-11-6-5-10-14(15)17-16-12(2)8-7-9-13(16)3/h5-6,10-13,16-17H,4,7-9H2,1-3H3. The van der Waals surface area contributed by atoms with Gasteiger partial charge < -0.3 is 5.32 Å². The lowest BCUT2D eigenvalue weighted by molar-refractivity contribution is 0.268. The fourth-order valence-corrected chi connectivity index (χ4v) is 3.78. The van der Waals surface area contributed by atoms with Gasteiger partial charge in [0, 0.05) is 16.6 Å². The molecule has 1 N–H and O–H groups in total. The molecule has 0 radical (unpaired) electrons. The molecule has 1 aliphatic carbocycles. The first-order valence-corrected chi connectivity index (χ1v) is 8.19. The van der Waals surface area contributed by atoms with Gasteiger partial charge in [0.25, 0.3) is 0 Å². The molecule has 1 saturated carbocycles. The molecule has 0 heterocycles. The number of hydrogen-bond acceptors (Lipinski definition) is 2. The molecule has 1 aromatic rings. The van der Waals surface area contributed by atoms with Crippen molar-refractivity contribution in [1.82, 2.24) is 0 Å². The summed E-state index contributed by atoms with van der Waals surface area (Å²) in [6, 6.07) is 9.37. The van der Waals surface area contributed by atoms with E-state index in [1.54, 1.807) is 0 Å². The van der Waals surface area contributed by atoms with Crippen LogP contribution in [0, 0.1) is 11.8 Å². The van der Waals surface area contributed by atoms with E-state index < -0.39 is 0 Å². The van der Waals surface area contributed by atoms with E-state index in [9.17, 15) is 0 Å². The van der Waals surface area contributed by atoms with Crippen molar-refractivity contribution in [2.45, 2.75) is 51.0 Å². The average molecular weight is 263 g/mol. The molecule has 0 spiro atoms. The van der Waals surface area contributed by atoms with Gasteiger partial charge in [-0.1, -0.05) is 39.3 Å². The summed E-state index contributed by atoms with van der Waals surface area (Å²) >= 11 is 1.93. The Morgan fingerprint density at radius 1 is 1.17 bits per heavy atom. The first-order chi connectivity index (χ1) is 8.72. The van der Waals surface area contributed by atoms with Crippen molar-refractivity contribution in [2.75, 3.05) is 11.1 Å². The van der Waals surface area contributed by atoms with Gasteiger partial charge in [0.2, 0.25) is 0 Å². The minimum atomic E-state index is 0.636. The monoisotopic (exact) mass is 263 g/mol. The maximum Gasteiger partial charge on any atom is 0.0480 e. The van der Waals surface area contributed by atoms with Crippen LogP contribution in [0.15, 0.2) is 29.2 Å². The van der Waals surface area contributed by atoms with E-state index >= 15 is 0 Å². The Morgan fingerprint density at radius 3 is 2.50 bits per heavy atom. The molecule has 0 saturated heterocycles. The SMILES string of the molecule is CCSc1ccccc1NC1C(C)CCCC1C. The zero-order chi connectivity index (χ0) is 13.0. The van der Waals surface area contributed by atoms with Gasteiger partial charge in [-0.05, 0) is 42.6 Å². The Morgan fingerprint density at radius 2 is 1.83 bits per heavy atom. The molecule has 2 unspecified atom stereocenters. The van der Waals surface area contributed by atoms with Crippen molar-refractivity contribution >= 4 is 17.4 Å². The smallest absolute Gasteiger partial charge is 0.0480 e. The maximum absolute atomic E-state index is 3.81. The third-order valence-corrected chi connectivity index (χ3v) is 5.01. The van der Waals surface area contributed by atoms with Gasteiger partial charge in [0.05, 0.1) is 0 Å². The summed E-state index contributed by atoms with van der Waals surface area (Å²) in [5.74, 6) is 2.70. The molecule has 2 heteroatoms. The third-order valence-electron chi connectivity index (χ3n) is 4.05. The van der Waals surface area contributed by atoms with Crippen molar-refractivity contribution in [1.29, 1.82) is 0 Å². The number of rotatable bonds is 4. The number of para-hydroxylation sites is 1. The second-order valence-electron chi connectivity index (χ2n) is 5.48. The summed E-state index contributed by atoms with van der Waals surface area (Å²) < 4.78 is 0. The molecule has 18 heavy (non-hydrogen) atoms. The second kappa shape index (κ2) is 6.51. The van der Waals surface area contributed by atoms with Gasteiger partial charge in [0.1, 0.15) is 0 Å². The maximum atomic E-state index is 3.81. The number of benzene rings is 1. The van der Waals surface area contributed by atoms with Gasteiger partial charge in [-0.3, -0.25) is 0 Å². The number of anilines is 1. The summed E-state index contributed by atoms with van der Waals surface area (Å²) in [6.45, 7) is 7.00. The molecule has 2 atom stereocenters. The molecule has 1 aromatic carbocycles. The zero-order valence-corrected chi connectivity index (χ0v) is 12.6. The lowest BCUT2D eigenvalue weighted by Gasteiger charge is -2.36. The Bertz CT molecular complexity index is 367. The predicted octanol–water partition coefficient (Wildman–Crippen LogP) is 5.04. The Labute approximate surface area is 116 Å². The normalized spacial score (nSPS) is 28.1. The van der Waals surface area contributed by atoms with Crippen molar-refractivity contribution in [3.8, 4) is 0 Å². The van der Waals surface area contributed by atoms with Crippen molar-refractivity contribution in [2.24, 2.45) is 11.8 Å². The highest BCUT2D eigenvalue weighted by atomic mass is 32.2. The third kappa shape index (κ3) is 3.23. The molecule has 1 aliphatic rings. The van der Waals surface area contributed by atoms with Crippen LogP contribution in [0.1, 0.15) is 40.0 Å². The fourth-order valence-electron chi connectivity index (χ4n) is 3.01. The molecule has 1 fully saturated rings. The van der Waals surface area contributed by atoms with Gasteiger partial charge in [-0.25, -0.2) is 0 Å². The van der Waals surface area contributed by atoms with Crippen LogP contribution in [0.5, 0.6) is 0 Å². The highest BCUT2D eigenvalue weighted by molar-refractivity contribution is 7.99. The van der Waals surface area contributed by atoms with Crippen LogP contribution in [0.2, 0.25) is 0 Å². The van der Waals surface area contributed by atoms with Crippen molar-refractivity contribution < 1.29 is 0 Å². The first kappa shape index (κ1) is 13.8. The lowest BCUT2D eigenvalue weighted by atomic mass is 9.78. The molecule has 2 rings (SSSR count). The summed E-state index contributed by atoms with van der Waals surface area (Å²) in [4.78, 5) is 1.39. The Kier molecular flexibility index (Phi) is 4.99. The predicted molar refractivity (Wildman–Crippen MR) is 82.4 cm³/mol. The molecular weight excluding hydrogens is 238 g/mol. The van der Waals surface area contributed by atoms with E-state index in [4.69, 9.17) is 0 Å². The van der Waals surface area contributed by atoms with E-state index in [0.29, 0.717) is 6.04 Å². The Balaban J connectivity index is 2.12. The van der Waals surface area contributed by atoms with Crippen LogP contribution in [-0.4, -0.2) is 11.8 Å². The summed E-state index contributed by atoms with van der Waals surface area (Å²) in [5.41, 5.74) is 1.33. The van der Waals surface area contributed by atoms with E-state index in [0.717, 1.165) is 17.6 Å². The van der Waals surface area contributed by atoms with Crippen LogP contribution in [0.3, 0.4) is 0 Å². The van der Waals surface area contributed by atoms with Gasteiger partial charge in [-0.2, -0.15) is 0 Å². The zero-order valence-electron chi connectivity index (χ0n) is 11.8. The molecule has 0 aliphatic heterocycles. The van der Waals surface area contributed by atoms with Gasteiger partial charge >= 0.3 is 0 Å². The van der Waals surface area contributed by atoms with Crippen molar-refractivity contribution in [3.63, 3.8) is 0 Å². The highest BCUT2D eigenvalue weighted by Crippen LogP contribution is 2.34. The van der Waals surface area contributed by atoms with E-state index in [2.05, 4.69) is 50.4 Å². The van der Waals surface area contributed by atoms with Crippen LogP contribution >= 0.6 is 11.8 Å². The van der Waals surface area contributed by atoms with Gasteiger partial charge in [-0.15, -0.1) is 11.8 Å². The molecule has 100 valence electrons. The van der Waals surface area contributed by atoms with Crippen LogP contribution in [0.25, 0.3) is 0 Å². The van der Waals surface area contributed by atoms with E-state index in [1.807, 2.05) is 11.8 Å². The minimum absolute atomic E-state index is 0.636. The Hall–Kier alpha value is -0.630. The van der Waals surface area contributed by atoms with Crippen LogP contribution in [0.4, 0.5) is 5.69 Å². The summed E-state index contributed by atoms with van der Waals surface area (Å²) in [6.07, 6.45) is 4.13. The lowest BCUT2D eigenvalue weighted by Crippen LogP contribution is -2.37. The molecule has 0 aromatic heterocycles. The van der Waals surface area contributed by atoms with Gasteiger partial charge in [0.15, 0.2) is 0 Å². The number of nitrogens with one attached hydrogen (secondary N) is 1. The molecule has 0 amide bonds. The van der Waals surface area contributed by atoms with E-state index in [-0.39, 0.29) is 0 Å². The largest absolute Gasteiger partial charge is 0.381 e. The molecular formula is C16H25NS. The fraction of sp³-hybridized carbons (Fsp3) is 0.625. The average Bonchev–Trinajstić information content (AvgIpc) is 2.36. The molecule has 0 bridgehead atoms. The second-order valence-corrected chi connectivity index (χ2v) is 6.79. The van der Waals surface area contributed by atoms with Crippen LogP contribution in [-0.2, 0) is 0 Å². The minimum Gasteiger partial charge on any atom is -0.381 e. The van der Waals surface area contributed by atoms with Crippen LogP contribution < -0.4 is 5.32 Å². The van der Waals surface area contributed by atoms with E-state index in [1.165, 1.54) is 29.8 Å². The summed E-state index contributed by atoms with van der Waals surface area (Å²) in [7, 11) is 0. The topological polar surface area (TPSA) is 12.0 Å². The highest BCUT2D eigenvalue weighted by Gasteiger charge is 2.27. The number of thioether (sulfide) groups is 1. The first-order valence-electron chi connectivity index (χ1n) is 7.20. The quantitative estimate of drug-likeness (QED) is 0.764. The summed E-state index contributed by atoms with van der Waals surface area (Å²) in [5, 5.41) is 3.81. The molecule has 1 nitrogen and oxygen atoms in total.